The molecule has 0 amide bonds. The van der Waals surface area contributed by atoms with Gasteiger partial charge in [0.15, 0.2) is 11.6 Å². The maximum absolute atomic E-state index is 11.9. The van der Waals surface area contributed by atoms with Crippen molar-refractivity contribution in [3.05, 3.63) is 11.6 Å². The standard InChI is InChI=1S/C13H20O4/c1-7(6-14)11-9(3)12-10(15)5-8(2)13(4,16-11)17-12/h5,7,9,11-12,14H,6H2,1-4H3/t7-,9-,11-,12-,13+/m0/s1. The van der Waals surface area contributed by atoms with Crippen molar-refractivity contribution in [3.8, 4) is 0 Å². The molecule has 2 aliphatic rings. The Morgan fingerprint density at radius 2 is 2.18 bits per heavy atom. The zero-order chi connectivity index (χ0) is 12.8. The maximum atomic E-state index is 11.9. The molecule has 0 saturated carbocycles. The minimum atomic E-state index is -0.820. The predicted molar refractivity (Wildman–Crippen MR) is 62.3 cm³/mol. The van der Waals surface area contributed by atoms with Crippen molar-refractivity contribution in [2.75, 3.05) is 6.61 Å². The summed E-state index contributed by atoms with van der Waals surface area (Å²) in [4.78, 5) is 11.9. The van der Waals surface area contributed by atoms with Gasteiger partial charge in [0.2, 0.25) is 0 Å². The van der Waals surface area contributed by atoms with Crippen LogP contribution in [0.3, 0.4) is 0 Å². The Morgan fingerprint density at radius 1 is 1.53 bits per heavy atom. The van der Waals surface area contributed by atoms with E-state index in [0.717, 1.165) is 5.57 Å². The normalized spacial score (nSPS) is 43.2. The molecule has 0 aliphatic carbocycles. The van der Waals surface area contributed by atoms with Gasteiger partial charge in [-0.15, -0.1) is 0 Å². The van der Waals surface area contributed by atoms with E-state index in [-0.39, 0.29) is 30.3 Å². The molecule has 1 N–H and O–H groups in total. The van der Waals surface area contributed by atoms with Gasteiger partial charge in [-0.3, -0.25) is 4.79 Å². The second-order valence-corrected chi connectivity index (χ2v) is 5.32. The molecule has 1 fully saturated rings. The smallest absolute Gasteiger partial charge is 0.189 e. The highest BCUT2D eigenvalue weighted by Gasteiger charge is 2.50. The van der Waals surface area contributed by atoms with E-state index in [2.05, 4.69) is 0 Å². The van der Waals surface area contributed by atoms with Crippen molar-refractivity contribution in [2.24, 2.45) is 11.8 Å². The van der Waals surface area contributed by atoms with E-state index in [9.17, 15) is 9.90 Å². The molecule has 2 bridgehead atoms. The first-order valence-electron chi connectivity index (χ1n) is 6.08. The van der Waals surface area contributed by atoms with Crippen molar-refractivity contribution >= 4 is 5.78 Å². The zero-order valence-corrected chi connectivity index (χ0v) is 10.8. The van der Waals surface area contributed by atoms with E-state index >= 15 is 0 Å². The van der Waals surface area contributed by atoms with Gasteiger partial charge in [-0.05, 0) is 25.5 Å². The van der Waals surface area contributed by atoms with E-state index in [1.807, 2.05) is 27.7 Å². The highest BCUT2D eigenvalue weighted by Crippen LogP contribution is 2.41. The molecule has 4 heteroatoms. The molecule has 2 aliphatic heterocycles. The molecule has 0 radical (unpaired) electrons. The molecule has 0 unspecified atom stereocenters. The van der Waals surface area contributed by atoms with Crippen molar-refractivity contribution in [1.29, 1.82) is 0 Å². The topological polar surface area (TPSA) is 55.8 Å². The summed E-state index contributed by atoms with van der Waals surface area (Å²) in [5, 5.41) is 9.26. The van der Waals surface area contributed by atoms with Gasteiger partial charge < -0.3 is 14.6 Å². The van der Waals surface area contributed by atoms with Crippen LogP contribution in [-0.2, 0) is 14.3 Å². The third-order valence-corrected chi connectivity index (χ3v) is 3.91. The lowest BCUT2D eigenvalue weighted by Crippen LogP contribution is -2.58. The number of hydrogen-bond acceptors (Lipinski definition) is 4. The van der Waals surface area contributed by atoms with Gasteiger partial charge in [0.25, 0.3) is 0 Å². The van der Waals surface area contributed by atoms with Crippen LogP contribution in [0.1, 0.15) is 27.7 Å². The van der Waals surface area contributed by atoms with Crippen molar-refractivity contribution < 1.29 is 19.4 Å². The number of carbonyl (C=O) groups excluding carboxylic acids is 1. The lowest BCUT2D eigenvalue weighted by molar-refractivity contribution is -0.313. The lowest BCUT2D eigenvalue weighted by atomic mass is 9.82. The summed E-state index contributed by atoms with van der Waals surface area (Å²) in [6.07, 6.45) is 1.01. The second-order valence-electron chi connectivity index (χ2n) is 5.32. The zero-order valence-electron chi connectivity index (χ0n) is 10.8. The van der Waals surface area contributed by atoms with Crippen LogP contribution in [0.2, 0.25) is 0 Å². The van der Waals surface area contributed by atoms with Crippen molar-refractivity contribution in [3.63, 3.8) is 0 Å². The van der Waals surface area contributed by atoms with Gasteiger partial charge in [0.1, 0.15) is 6.10 Å². The number of aliphatic hydroxyl groups excluding tert-OH is 1. The summed E-state index contributed by atoms with van der Waals surface area (Å²) in [7, 11) is 0. The van der Waals surface area contributed by atoms with Gasteiger partial charge >= 0.3 is 0 Å². The Morgan fingerprint density at radius 3 is 2.76 bits per heavy atom. The molecule has 0 aromatic heterocycles. The van der Waals surface area contributed by atoms with Crippen LogP contribution < -0.4 is 0 Å². The summed E-state index contributed by atoms with van der Waals surface area (Å²) < 4.78 is 11.7. The summed E-state index contributed by atoms with van der Waals surface area (Å²) in [6, 6.07) is 0. The van der Waals surface area contributed by atoms with Gasteiger partial charge in [-0.1, -0.05) is 13.8 Å². The minimum absolute atomic E-state index is 0.00516. The van der Waals surface area contributed by atoms with Crippen LogP contribution in [-0.4, -0.2) is 35.5 Å². The number of ketones is 1. The molecule has 17 heavy (non-hydrogen) atoms. The van der Waals surface area contributed by atoms with Gasteiger partial charge in [0, 0.05) is 18.4 Å². The average molecular weight is 240 g/mol. The third kappa shape index (κ3) is 1.94. The monoisotopic (exact) mass is 240 g/mol. The molecular formula is C13H20O4. The van der Waals surface area contributed by atoms with Gasteiger partial charge in [-0.25, -0.2) is 0 Å². The fourth-order valence-corrected chi connectivity index (χ4v) is 2.58. The summed E-state index contributed by atoms with van der Waals surface area (Å²) in [5.41, 5.74) is 0.792. The van der Waals surface area contributed by atoms with Crippen LogP contribution >= 0.6 is 0 Å². The van der Waals surface area contributed by atoms with E-state index in [0.29, 0.717) is 0 Å². The predicted octanol–water partition coefficient (Wildman–Crippen LogP) is 1.28. The molecule has 5 atom stereocenters. The molecule has 1 saturated heterocycles. The Balaban J connectivity index is 2.34. The minimum Gasteiger partial charge on any atom is -0.396 e. The van der Waals surface area contributed by atoms with Crippen molar-refractivity contribution in [2.45, 2.75) is 45.7 Å². The van der Waals surface area contributed by atoms with Crippen LogP contribution in [0.15, 0.2) is 11.6 Å². The maximum Gasteiger partial charge on any atom is 0.189 e. The Labute approximate surface area is 102 Å². The molecule has 2 rings (SSSR count). The summed E-state index contributed by atoms with van der Waals surface area (Å²) in [6.45, 7) is 7.59. The lowest BCUT2D eigenvalue weighted by Gasteiger charge is -2.49. The number of rotatable bonds is 2. The van der Waals surface area contributed by atoms with Gasteiger partial charge in [0.05, 0.1) is 6.10 Å². The first kappa shape index (κ1) is 12.7. The third-order valence-electron chi connectivity index (χ3n) is 3.91. The number of ether oxygens (including phenoxy) is 2. The van der Waals surface area contributed by atoms with Crippen LogP contribution in [0, 0.1) is 11.8 Å². The van der Waals surface area contributed by atoms with Crippen LogP contribution in [0.4, 0.5) is 0 Å². The summed E-state index contributed by atoms with van der Waals surface area (Å²) in [5.74, 6) is -0.860. The van der Waals surface area contributed by atoms with E-state index in [1.165, 1.54) is 0 Å². The fourth-order valence-electron chi connectivity index (χ4n) is 2.58. The largest absolute Gasteiger partial charge is 0.396 e. The molecular weight excluding hydrogens is 220 g/mol. The van der Waals surface area contributed by atoms with E-state index in [1.54, 1.807) is 6.08 Å². The first-order chi connectivity index (χ1) is 7.89. The highest BCUT2D eigenvalue weighted by molar-refractivity contribution is 5.95. The number of hydrogen-bond donors (Lipinski definition) is 1. The molecule has 0 aromatic carbocycles. The molecule has 96 valence electrons. The quantitative estimate of drug-likeness (QED) is 0.790. The van der Waals surface area contributed by atoms with Crippen LogP contribution in [0.25, 0.3) is 0 Å². The van der Waals surface area contributed by atoms with Crippen molar-refractivity contribution in [1.82, 2.24) is 0 Å². The highest BCUT2D eigenvalue weighted by atomic mass is 16.7. The summed E-state index contributed by atoms with van der Waals surface area (Å²) >= 11 is 0. The number of aliphatic hydroxyl groups is 1. The molecule has 0 spiro atoms. The van der Waals surface area contributed by atoms with Gasteiger partial charge in [-0.2, -0.15) is 0 Å². The average Bonchev–Trinajstić information content (AvgIpc) is 2.29. The molecule has 4 nitrogen and oxygen atoms in total. The molecule has 2 heterocycles. The Kier molecular flexibility index (Phi) is 3.14. The fraction of sp³-hybridized carbons (Fsp3) is 0.769. The first-order valence-corrected chi connectivity index (χ1v) is 6.08. The molecule has 0 aromatic rings. The van der Waals surface area contributed by atoms with E-state index in [4.69, 9.17) is 9.47 Å². The van der Waals surface area contributed by atoms with E-state index < -0.39 is 11.9 Å². The number of fused-ring (bicyclic) bond motifs is 2. The Bertz CT molecular complexity index is 362. The van der Waals surface area contributed by atoms with Crippen LogP contribution in [0.5, 0.6) is 0 Å². The number of carbonyl (C=O) groups is 1. The second kappa shape index (κ2) is 4.19. The SMILES string of the molecule is CC1=CC(=O)[C@H]2O[C@@]1(C)O[C@@H]([C@@H](C)CO)[C@@H]2C. The Hall–Kier alpha value is -0.710.